The van der Waals surface area contributed by atoms with Crippen molar-refractivity contribution < 1.29 is 9.53 Å². The number of amides is 1. The van der Waals surface area contributed by atoms with Crippen LogP contribution in [0.25, 0.3) is 11.3 Å². The quantitative estimate of drug-likeness (QED) is 0.446. The monoisotopic (exact) mass is 288 g/mol. The topological polar surface area (TPSA) is 93.0 Å². The molecule has 1 aromatic heterocycles. The van der Waals surface area contributed by atoms with E-state index in [-0.39, 0.29) is 5.91 Å². The molecule has 0 unspecified atom stereocenters. The zero-order valence-electron chi connectivity index (χ0n) is 12.4. The lowest BCUT2D eigenvalue weighted by molar-refractivity contribution is 0.0948. The molecule has 4 N–H and O–H groups in total. The molecule has 21 heavy (non-hydrogen) atoms. The standard InChI is InChI=1S/C15H20N4O2/c1-9(2)8-21-12-6-4-11(5-7-12)13-10(3)14(19-18-13)15(20)17-16/h4-7,9H,8,16H2,1-3H3,(H,17,20)(H,18,19). The first-order valence-electron chi connectivity index (χ1n) is 6.82. The van der Waals surface area contributed by atoms with Crippen LogP contribution in [0.3, 0.4) is 0 Å². The van der Waals surface area contributed by atoms with E-state index in [1.165, 1.54) is 0 Å². The van der Waals surface area contributed by atoms with Gasteiger partial charge in [0, 0.05) is 11.1 Å². The maximum absolute atomic E-state index is 11.6. The summed E-state index contributed by atoms with van der Waals surface area (Å²) in [4.78, 5) is 11.6. The summed E-state index contributed by atoms with van der Waals surface area (Å²) in [7, 11) is 0. The van der Waals surface area contributed by atoms with Gasteiger partial charge in [-0.2, -0.15) is 5.10 Å². The van der Waals surface area contributed by atoms with Gasteiger partial charge >= 0.3 is 0 Å². The number of benzene rings is 1. The number of nitrogens with two attached hydrogens (primary N) is 1. The normalized spacial score (nSPS) is 10.7. The van der Waals surface area contributed by atoms with Crippen LogP contribution in [0.15, 0.2) is 24.3 Å². The molecule has 1 aromatic carbocycles. The van der Waals surface area contributed by atoms with E-state index in [1.807, 2.05) is 31.2 Å². The molecule has 0 atom stereocenters. The highest BCUT2D eigenvalue weighted by Gasteiger charge is 2.15. The van der Waals surface area contributed by atoms with Crippen LogP contribution in [0, 0.1) is 12.8 Å². The van der Waals surface area contributed by atoms with Gasteiger partial charge in [-0.1, -0.05) is 13.8 Å². The first-order valence-corrected chi connectivity index (χ1v) is 6.82. The molecule has 6 nitrogen and oxygen atoms in total. The summed E-state index contributed by atoms with van der Waals surface area (Å²) in [6.45, 7) is 6.71. The van der Waals surface area contributed by atoms with Crippen LogP contribution < -0.4 is 16.0 Å². The molecule has 2 rings (SSSR count). The Kier molecular flexibility index (Phi) is 4.59. The molecule has 0 aliphatic carbocycles. The molecule has 1 heterocycles. The molecule has 2 aromatic rings. The van der Waals surface area contributed by atoms with Gasteiger partial charge in [-0.3, -0.25) is 15.3 Å². The van der Waals surface area contributed by atoms with E-state index in [2.05, 4.69) is 29.5 Å². The minimum atomic E-state index is -0.386. The van der Waals surface area contributed by atoms with Crippen LogP contribution in [0.4, 0.5) is 0 Å². The van der Waals surface area contributed by atoms with Crippen molar-refractivity contribution in [2.24, 2.45) is 11.8 Å². The van der Waals surface area contributed by atoms with Gasteiger partial charge in [0.15, 0.2) is 0 Å². The molecule has 0 fully saturated rings. The number of hydrogen-bond donors (Lipinski definition) is 3. The Bertz CT molecular complexity index is 617. The Morgan fingerprint density at radius 1 is 1.38 bits per heavy atom. The van der Waals surface area contributed by atoms with Gasteiger partial charge in [-0.15, -0.1) is 0 Å². The number of rotatable bonds is 5. The van der Waals surface area contributed by atoms with Gasteiger partial charge in [0.25, 0.3) is 5.91 Å². The van der Waals surface area contributed by atoms with Crippen LogP contribution >= 0.6 is 0 Å². The first kappa shape index (κ1) is 15.1. The third kappa shape index (κ3) is 3.41. The SMILES string of the molecule is Cc1c(-c2ccc(OCC(C)C)cc2)n[nH]c1C(=O)NN. The van der Waals surface area contributed by atoms with Crippen molar-refractivity contribution in [1.82, 2.24) is 15.6 Å². The van der Waals surface area contributed by atoms with Crippen LogP contribution in [-0.4, -0.2) is 22.7 Å². The molecule has 0 bridgehead atoms. The van der Waals surface area contributed by atoms with Crippen LogP contribution in [0.2, 0.25) is 0 Å². The Hall–Kier alpha value is -2.34. The van der Waals surface area contributed by atoms with Gasteiger partial charge in [0.2, 0.25) is 0 Å². The fourth-order valence-corrected chi connectivity index (χ4v) is 1.94. The highest BCUT2D eigenvalue weighted by Crippen LogP contribution is 2.25. The summed E-state index contributed by atoms with van der Waals surface area (Å²) in [5, 5.41) is 6.88. The van der Waals surface area contributed by atoms with Crippen molar-refractivity contribution in [3.05, 3.63) is 35.5 Å². The largest absolute Gasteiger partial charge is 0.493 e. The molecular formula is C15H20N4O2. The highest BCUT2D eigenvalue weighted by atomic mass is 16.5. The Morgan fingerprint density at radius 2 is 2.05 bits per heavy atom. The van der Waals surface area contributed by atoms with Gasteiger partial charge in [0.1, 0.15) is 11.4 Å². The molecule has 0 spiro atoms. The Balaban J connectivity index is 2.19. The molecule has 0 aliphatic heterocycles. The number of nitrogen functional groups attached to an aromatic ring is 1. The zero-order valence-corrected chi connectivity index (χ0v) is 12.4. The van der Waals surface area contributed by atoms with Crippen LogP contribution in [-0.2, 0) is 0 Å². The molecule has 1 amide bonds. The molecule has 0 saturated heterocycles. The second-order valence-electron chi connectivity index (χ2n) is 5.27. The average Bonchev–Trinajstić information content (AvgIpc) is 2.86. The Labute approximate surface area is 123 Å². The second-order valence-corrected chi connectivity index (χ2v) is 5.27. The van der Waals surface area contributed by atoms with E-state index >= 15 is 0 Å². The number of aromatic nitrogens is 2. The average molecular weight is 288 g/mol. The van der Waals surface area contributed by atoms with E-state index in [4.69, 9.17) is 10.6 Å². The lowest BCUT2D eigenvalue weighted by Crippen LogP contribution is -2.30. The van der Waals surface area contributed by atoms with Crippen molar-refractivity contribution in [3.8, 4) is 17.0 Å². The molecule has 112 valence electrons. The highest BCUT2D eigenvalue weighted by molar-refractivity contribution is 5.94. The number of nitrogens with one attached hydrogen (secondary N) is 2. The fraction of sp³-hybridized carbons (Fsp3) is 0.333. The first-order chi connectivity index (χ1) is 10.0. The van der Waals surface area contributed by atoms with Crippen molar-refractivity contribution in [1.29, 1.82) is 0 Å². The predicted octanol–water partition coefficient (Wildman–Crippen LogP) is 2.02. The summed E-state index contributed by atoms with van der Waals surface area (Å²) in [6.07, 6.45) is 0. The second kappa shape index (κ2) is 6.41. The third-order valence-corrected chi connectivity index (χ3v) is 3.08. The van der Waals surface area contributed by atoms with Crippen molar-refractivity contribution in [2.45, 2.75) is 20.8 Å². The number of carbonyl (C=O) groups is 1. The molecule has 6 heteroatoms. The molecule has 0 aliphatic rings. The lowest BCUT2D eigenvalue weighted by Gasteiger charge is -2.09. The number of hydrogen-bond acceptors (Lipinski definition) is 4. The van der Waals surface area contributed by atoms with Gasteiger partial charge in [0.05, 0.1) is 12.3 Å². The van der Waals surface area contributed by atoms with Crippen LogP contribution in [0.1, 0.15) is 29.9 Å². The zero-order chi connectivity index (χ0) is 15.4. The predicted molar refractivity (Wildman–Crippen MR) is 80.7 cm³/mol. The minimum Gasteiger partial charge on any atom is -0.493 e. The van der Waals surface area contributed by atoms with Crippen LogP contribution in [0.5, 0.6) is 5.75 Å². The van der Waals surface area contributed by atoms with Gasteiger partial charge < -0.3 is 4.74 Å². The summed E-state index contributed by atoms with van der Waals surface area (Å²) in [5.41, 5.74) is 4.86. The van der Waals surface area contributed by atoms with Crippen molar-refractivity contribution >= 4 is 5.91 Å². The maximum atomic E-state index is 11.6. The maximum Gasteiger partial charge on any atom is 0.283 e. The number of H-pyrrole nitrogens is 1. The van der Waals surface area contributed by atoms with Gasteiger partial charge in [-0.05, 0) is 37.1 Å². The van der Waals surface area contributed by atoms with E-state index in [0.29, 0.717) is 18.2 Å². The molecule has 0 radical (unpaired) electrons. The number of nitrogens with zero attached hydrogens (tertiary/aromatic N) is 1. The summed E-state index contributed by atoms with van der Waals surface area (Å²) >= 11 is 0. The number of ether oxygens (including phenoxy) is 1. The van der Waals surface area contributed by atoms with Crippen molar-refractivity contribution in [2.75, 3.05) is 6.61 Å². The Morgan fingerprint density at radius 3 is 2.62 bits per heavy atom. The third-order valence-electron chi connectivity index (χ3n) is 3.08. The number of carbonyl (C=O) groups excluding carboxylic acids is 1. The summed E-state index contributed by atoms with van der Waals surface area (Å²) < 4.78 is 5.64. The van der Waals surface area contributed by atoms with Crippen molar-refractivity contribution in [3.63, 3.8) is 0 Å². The minimum absolute atomic E-state index is 0.368. The van der Waals surface area contributed by atoms with E-state index in [9.17, 15) is 4.79 Å². The lowest BCUT2D eigenvalue weighted by atomic mass is 10.1. The molecule has 0 saturated carbocycles. The van der Waals surface area contributed by atoms with E-state index in [0.717, 1.165) is 22.6 Å². The van der Waals surface area contributed by atoms with E-state index in [1.54, 1.807) is 0 Å². The number of hydrazine groups is 1. The fourth-order valence-electron chi connectivity index (χ4n) is 1.94. The smallest absolute Gasteiger partial charge is 0.283 e. The molecular weight excluding hydrogens is 268 g/mol. The summed E-state index contributed by atoms with van der Waals surface area (Å²) in [6, 6.07) is 7.63. The van der Waals surface area contributed by atoms with E-state index < -0.39 is 0 Å². The van der Waals surface area contributed by atoms with Gasteiger partial charge in [-0.25, -0.2) is 5.84 Å². The summed E-state index contributed by atoms with van der Waals surface area (Å²) in [5.74, 6) is 6.05. The number of aromatic amines is 1.